The topological polar surface area (TPSA) is 0 Å². The monoisotopic (exact) mass is 834 g/mol. The Morgan fingerprint density at radius 2 is 0.333 bits per heavy atom. The SMILES string of the molecule is Cc1ccc2c#cc3c4c#cc5ccc(C)cc5ccc5cc(C)ccc5c#cc4c4c#cc5ccc(C)cc5ccc5cc(C)ccc5c#cc4c3c#cc3ccc(C)cc3ccc2c1. The van der Waals surface area contributed by atoms with Crippen LogP contribution in [0, 0.1) is 114 Å². The molecule has 0 N–H and O–H groups in total. The first kappa shape index (κ1) is 41.1. The lowest BCUT2D eigenvalue weighted by Gasteiger charge is -2.00. The van der Waals surface area contributed by atoms with Crippen molar-refractivity contribution in [3.8, 4) is 0 Å². The number of rotatable bonds is 0. The predicted octanol–water partition coefficient (Wildman–Crippen LogP) is 16.6. The second kappa shape index (κ2) is 17.4. The van der Waals surface area contributed by atoms with Crippen molar-refractivity contribution in [2.24, 2.45) is 0 Å². The van der Waals surface area contributed by atoms with Gasteiger partial charge in [0.05, 0.1) is 32.3 Å². The highest BCUT2D eigenvalue weighted by molar-refractivity contribution is 6.22. The Morgan fingerprint density at radius 3 is 0.485 bits per heavy atom. The van der Waals surface area contributed by atoms with E-state index >= 15 is 0 Å². The van der Waals surface area contributed by atoms with Gasteiger partial charge >= 0.3 is 0 Å². The maximum absolute atomic E-state index is 3.68. The van der Waals surface area contributed by atoms with Gasteiger partial charge < -0.3 is 0 Å². The molecule has 0 atom stereocenters. The fourth-order valence-electron chi connectivity index (χ4n) is 8.42. The fourth-order valence-corrected chi connectivity index (χ4v) is 8.42. The van der Waals surface area contributed by atoms with Crippen molar-refractivity contribution in [1.29, 1.82) is 0 Å². The maximum Gasteiger partial charge on any atom is 0.0588 e. The van der Waals surface area contributed by atoms with E-state index in [4.69, 9.17) is 0 Å². The van der Waals surface area contributed by atoms with Crippen LogP contribution < -0.4 is 0 Å². The van der Waals surface area contributed by atoms with Crippen molar-refractivity contribution in [1.82, 2.24) is 0 Å². The zero-order valence-electron chi connectivity index (χ0n) is 37.9. The summed E-state index contributed by atoms with van der Waals surface area (Å²) in [5, 5.41) is 15.5. The average molecular weight is 835 g/mol. The standard InChI is InChI=1S/C66H42/c1-43-7-13-49-25-31-61-62(32-26-50-14-8-44(2)38-56(50)20-19-55(49)37-43)64-34-28-52-16-10-46(4)41-59(52)23-24-60-42-48(6)12-18-54(60)30-36-66(64)65-35-29-53-17-11-47(5)40-58(53)22-21-57-39-45(3)9-15-51(57)27-33-63(61)65/h7-24,37-42H,1-6H3. The largest absolute Gasteiger partial charge is 0.0609 e. The third kappa shape index (κ3) is 8.46. The van der Waals surface area contributed by atoms with Crippen LogP contribution in [0.1, 0.15) is 33.4 Å². The van der Waals surface area contributed by atoms with E-state index in [1.807, 2.05) is 0 Å². The Balaban J connectivity index is 1.56. The molecular formula is C66H42. The lowest BCUT2D eigenvalue weighted by molar-refractivity contribution is 1.50. The minimum atomic E-state index is 0.663. The Kier molecular flexibility index (Phi) is 10.8. The molecule has 306 valence electrons. The van der Waals surface area contributed by atoms with E-state index in [-0.39, 0.29) is 0 Å². The molecule has 0 unspecified atom stereocenters. The van der Waals surface area contributed by atoms with Crippen LogP contribution in [-0.2, 0) is 0 Å². The Labute approximate surface area is 388 Å². The summed E-state index contributed by atoms with van der Waals surface area (Å²) in [6, 6.07) is 95.0. The van der Waals surface area contributed by atoms with Crippen LogP contribution in [-0.4, -0.2) is 0 Å². The molecule has 0 aliphatic rings. The van der Waals surface area contributed by atoms with E-state index in [0.29, 0.717) is 32.3 Å². The first-order valence-electron chi connectivity index (χ1n) is 22.2. The molecule has 0 nitrogen and oxygen atoms in total. The Bertz CT molecular complexity index is 3250. The summed E-state index contributed by atoms with van der Waals surface area (Å²) >= 11 is 0. The zero-order valence-corrected chi connectivity index (χ0v) is 37.9. The Morgan fingerprint density at radius 1 is 0.182 bits per heavy atom. The van der Waals surface area contributed by atoms with Crippen molar-refractivity contribution in [2.45, 2.75) is 41.5 Å². The van der Waals surface area contributed by atoms with Crippen molar-refractivity contribution in [2.75, 3.05) is 0 Å². The number of aryl methyl sites for hydroxylation is 6. The van der Waals surface area contributed by atoms with Crippen LogP contribution in [0.2, 0.25) is 0 Å². The molecule has 0 heterocycles. The highest BCUT2D eigenvalue weighted by atomic mass is 14.1. The van der Waals surface area contributed by atoms with E-state index < -0.39 is 0 Å². The zero-order chi connectivity index (χ0) is 45.3. The first-order valence-corrected chi connectivity index (χ1v) is 22.2. The van der Waals surface area contributed by atoms with Crippen LogP contribution in [0.25, 0.3) is 97.0 Å². The third-order valence-corrected chi connectivity index (χ3v) is 12.0. The van der Waals surface area contributed by atoms with E-state index in [1.54, 1.807) is 0 Å². The molecular weight excluding hydrogens is 793 g/mol. The highest BCUT2D eigenvalue weighted by Gasteiger charge is 2.07. The molecule has 0 amide bonds. The average Bonchev–Trinajstić information content (AvgIpc) is 3.29. The fraction of sp³-hybridized carbons (Fsp3) is 0.0909. The lowest BCUT2D eigenvalue weighted by Crippen LogP contribution is -1.78. The van der Waals surface area contributed by atoms with Gasteiger partial charge in [-0.1, -0.05) is 215 Å². The third-order valence-electron chi connectivity index (χ3n) is 12.0. The maximum atomic E-state index is 3.68. The van der Waals surface area contributed by atoms with Gasteiger partial charge in [-0.15, -0.1) is 0 Å². The molecule has 0 fully saturated rings. The molecule has 66 heavy (non-hydrogen) atoms. The van der Waals surface area contributed by atoms with Gasteiger partial charge in [0, 0.05) is 32.3 Å². The van der Waals surface area contributed by atoms with Crippen LogP contribution >= 0.6 is 0 Å². The number of benzene rings is 7. The minimum absolute atomic E-state index is 0.663. The number of hydrogen-bond acceptors (Lipinski definition) is 0. The number of fused-ring (bicyclic) bond motifs is 12. The van der Waals surface area contributed by atoms with Gasteiger partial charge in [0.15, 0.2) is 0 Å². The van der Waals surface area contributed by atoms with Gasteiger partial charge in [0.25, 0.3) is 0 Å². The van der Waals surface area contributed by atoms with Crippen LogP contribution in [0.3, 0.4) is 0 Å². The molecule has 0 aliphatic carbocycles. The van der Waals surface area contributed by atoms with E-state index in [2.05, 4.69) is 260 Å². The summed E-state index contributed by atoms with van der Waals surface area (Å²) in [6.07, 6.45) is 0. The normalized spacial score (nSPS) is 10.5. The molecule has 10 rings (SSSR count). The van der Waals surface area contributed by atoms with Crippen molar-refractivity contribution in [3.05, 3.63) is 252 Å². The molecule has 0 aromatic heterocycles. The van der Waals surface area contributed by atoms with E-state index in [9.17, 15) is 0 Å². The summed E-state index contributed by atoms with van der Waals surface area (Å²) in [4.78, 5) is 0. The van der Waals surface area contributed by atoms with Gasteiger partial charge in [-0.25, -0.2) is 0 Å². The first-order chi connectivity index (χ1) is 32.1. The van der Waals surface area contributed by atoms with Gasteiger partial charge in [0.2, 0.25) is 0 Å². The molecule has 0 bridgehead atoms. The quantitative estimate of drug-likeness (QED) is 0.143. The van der Waals surface area contributed by atoms with Crippen LogP contribution in [0.5, 0.6) is 0 Å². The molecule has 0 radical (unpaired) electrons. The summed E-state index contributed by atoms with van der Waals surface area (Å²) in [6.45, 7) is 12.7. The van der Waals surface area contributed by atoms with Gasteiger partial charge in [-0.2, -0.15) is 0 Å². The smallest absolute Gasteiger partial charge is 0.0588 e. The summed E-state index contributed by atoms with van der Waals surface area (Å²) < 4.78 is 0. The van der Waals surface area contributed by atoms with E-state index in [0.717, 1.165) is 98.0 Å². The molecule has 0 aliphatic heterocycles. The Hall–Kier alpha value is -8.88. The summed E-state index contributed by atoms with van der Waals surface area (Å²) in [7, 11) is 0. The lowest BCUT2D eigenvalue weighted by atomic mass is 10.00. The van der Waals surface area contributed by atoms with Gasteiger partial charge in [-0.3, -0.25) is 0 Å². The highest BCUT2D eigenvalue weighted by Crippen LogP contribution is 2.30. The van der Waals surface area contributed by atoms with Crippen LogP contribution in [0.15, 0.2) is 146 Å². The van der Waals surface area contributed by atoms with Crippen molar-refractivity contribution in [3.63, 3.8) is 0 Å². The minimum Gasteiger partial charge on any atom is -0.0609 e. The van der Waals surface area contributed by atoms with Crippen LogP contribution in [0.4, 0.5) is 0 Å². The van der Waals surface area contributed by atoms with Gasteiger partial charge in [-0.05, 0) is 110 Å². The second-order valence-electron chi connectivity index (χ2n) is 17.3. The molecule has 10 aromatic carbocycles. The summed E-state index contributed by atoms with van der Waals surface area (Å²) in [5.74, 6) is 0. The summed E-state index contributed by atoms with van der Waals surface area (Å²) in [5.41, 5.74) is 6.90. The van der Waals surface area contributed by atoms with Crippen molar-refractivity contribution >= 4 is 97.0 Å². The second-order valence-corrected chi connectivity index (χ2v) is 17.3. The molecule has 0 saturated heterocycles. The predicted molar refractivity (Wildman–Crippen MR) is 278 cm³/mol. The molecule has 0 heteroatoms. The molecule has 0 saturated carbocycles. The van der Waals surface area contributed by atoms with E-state index in [1.165, 1.54) is 0 Å². The van der Waals surface area contributed by atoms with Crippen molar-refractivity contribution < 1.29 is 0 Å². The number of hydrogen-bond donors (Lipinski definition) is 0. The molecule has 0 spiro atoms. The van der Waals surface area contributed by atoms with Gasteiger partial charge in [0.1, 0.15) is 0 Å². The molecule has 10 aromatic rings.